The van der Waals surface area contributed by atoms with Gasteiger partial charge < -0.3 is 5.73 Å². The van der Waals surface area contributed by atoms with E-state index in [1.807, 2.05) is 12.1 Å². The number of pyridine rings is 1. The molecule has 0 fully saturated rings. The fourth-order valence-electron chi connectivity index (χ4n) is 1.63. The van der Waals surface area contributed by atoms with E-state index in [-0.39, 0.29) is 4.90 Å². The second-order valence-electron chi connectivity index (χ2n) is 4.03. The van der Waals surface area contributed by atoms with E-state index in [2.05, 4.69) is 9.71 Å². The lowest BCUT2D eigenvalue weighted by Crippen LogP contribution is -2.13. The maximum Gasteiger partial charge on any atom is 0.263 e. The molecule has 0 amide bonds. The van der Waals surface area contributed by atoms with E-state index < -0.39 is 10.0 Å². The van der Waals surface area contributed by atoms with Crippen LogP contribution in [0, 0.1) is 0 Å². The van der Waals surface area contributed by atoms with E-state index in [1.54, 1.807) is 18.2 Å². The smallest absolute Gasteiger partial charge is 0.263 e. The molecule has 1 heterocycles. The van der Waals surface area contributed by atoms with Gasteiger partial charge in [-0.05, 0) is 42.8 Å². The summed E-state index contributed by atoms with van der Waals surface area (Å²) >= 11 is 0. The number of hydrogen-bond donors (Lipinski definition) is 2. The zero-order valence-electron chi connectivity index (χ0n) is 10.3. The molecule has 0 unspecified atom stereocenters. The van der Waals surface area contributed by atoms with Crippen LogP contribution in [0.4, 0.5) is 5.69 Å². The van der Waals surface area contributed by atoms with Gasteiger partial charge in [0.15, 0.2) is 0 Å². The van der Waals surface area contributed by atoms with Crippen molar-refractivity contribution >= 4 is 15.7 Å². The van der Waals surface area contributed by atoms with Crippen molar-refractivity contribution in [2.24, 2.45) is 5.73 Å². The van der Waals surface area contributed by atoms with Crippen LogP contribution in [-0.4, -0.2) is 19.9 Å². The average Bonchev–Trinajstić information content (AvgIpc) is 2.42. The number of sulfonamides is 1. The first-order valence-corrected chi connectivity index (χ1v) is 7.32. The molecule has 19 heavy (non-hydrogen) atoms. The summed E-state index contributed by atoms with van der Waals surface area (Å²) in [6.45, 7) is 0.570. The molecule has 0 bridgehead atoms. The summed E-state index contributed by atoms with van der Waals surface area (Å²) in [6, 6.07) is 10.2. The Hall–Kier alpha value is -1.92. The lowest BCUT2D eigenvalue weighted by molar-refractivity contribution is 0.601. The lowest BCUT2D eigenvalue weighted by atomic mass is 10.1. The molecule has 3 N–H and O–H groups in total. The number of nitrogens with one attached hydrogen (secondary N) is 1. The summed E-state index contributed by atoms with van der Waals surface area (Å²) in [7, 11) is -3.58. The third-order valence-electron chi connectivity index (χ3n) is 2.58. The largest absolute Gasteiger partial charge is 0.330 e. The molecule has 2 aromatic rings. The predicted molar refractivity (Wildman–Crippen MR) is 74.2 cm³/mol. The first kappa shape index (κ1) is 13.5. The van der Waals surface area contributed by atoms with Crippen molar-refractivity contribution in [3.05, 3.63) is 54.4 Å². The highest BCUT2D eigenvalue weighted by atomic mass is 32.2. The highest BCUT2D eigenvalue weighted by molar-refractivity contribution is 7.92. The summed E-state index contributed by atoms with van der Waals surface area (Å²) in [6.07, 6.45) is 3.61. The van der Waals surface area contributed by atoms with E-state index in [0.29, 0.717) is 12.2 Å². The van der Waals surface area contributed by atoms with Crippen LogP contribution in [0.15, 0.2) is 53.7 Å². The molecule has 0 atom stereocenters. The molecule has 0 spiro atoms. The van der Waals surface area contributed by atoms with Crippen molar-refractivity contribution in [1.29, 1.82) is 0 Å². The molecule has 5 nitrogen and oxygen atoms in total. The van der Waals surface area contributed by atoms with Crippen molar-refractivity contribution < 1.29 is 8.42 Å². The molecule has 0 saturated heterocycles. The number of nitrogens with two attached hydrogens (primary N) is 1. The van der Waals surface area contributed by atoms with Gasteiger partial charge in [0.1, 0.15) is 4.90 Å². The van der Waals surface area contributed by atoms with Crippen molar-refractivity contribution in [2.45, 2.75) is 11.3 Å². The molecule has 1 aromatic carbocycles. The number of hydrogen-bond acceptors (Lipinski definition) is 4. The Labute approximate surface area is 112 Å². The molecule has 6 heteroatoms. The number of aromatic nitrogens is 1. The van der Waals surface area contributed by atoms with Gasteiger partial charge in [-0.3, -0.25) is 9.71 Å². The van der Waals surface area contributed by atoms with Crippen molar-refractivity contribution in [2.75, 3.05) is 11.3 Å². The molecule has 1 aromatic heterocycles. The Morgan fingerprint density at radius 3 is 2.47 bits per heavy atom. The number of nitrogens with zero attached hydrogens (tertiary/aromatic N) is 1. The van der Waals surface area contributed by atoms with Crippen LogP contribution in [0.2, 0.25) is 0 Å². The van der Waals surface area contributed by atoms with E-state index >= 15 is 0 Å². The lowest BCUT2D eigenvalue weighted by Gasteiger charge is -2.08. The van der Waals surface area contributed by atoms with Crippen LogP contribution < -0.4 is 10.5 Å². The van der Waals surface area contributed by atoms with Crippen LogP contribution in [0.25, 0.3) is 0 Å². The monoisotopic (exact) mass is 277 g/mol. The Kier molecular flexibility index (Phi) is 4.13. The van der Waals surface area contributed by atoms with Crippen LogP contribution in [0.1, 0.15) is 5.56 Å². The standard InChI is InChI=1S/C13H15N3O2S/c14-8-7-11-3-5-12(6-4-11)16-19(17,18)13-2-1-9-15-10-13/h1-6,9-10,16H,7-8,14H2. The molecule has 0 radical (unpaired) electrons. The topological polar surface area (TPSA) is 85.1 Å². The van der Waals surface area contributed by atoms with Gasteiger partial charge in [-0.2, -0.15) is 0 Å². The molecule has 0 aliphatic heterocycles. The van der Waals surface area contributed by atoms with E-state index in [9.17, 15) is 8.42 Å². The number of rotatable bonds is 5. The van der Waals surface area contributed by atoms with Crippen LogP contribution in [-0.2, 0) is 16.4 Å². The zero-order chi connectivity index (χ0) is 13.7. The van der Waals surface area contributed by atoms with Crippen LogP contribution in [0.5, 0.6) is 0 Å². The summed E-state index contributed by atoms with van der Waals surface area (Å²) in [5.74, 6) is 0. The quantitative estimate of drug-likeness (QED) is 0.864. The van der Waals surface area contributed by atoms with Gasteiger partial charge in [0.25, 0.3) is 10.0 Å². The highest BCUT2D eigenvalue weighted by Crippen LogP contribution is 2.15. The first-order valence-electron chi connectivity index (χ1n) is 5.84. The van der Waals surface area contributed by atoms with Gasteiger partial charge in [-0.25, -0.2) is 8.42 Å². The fourth-order valence-corrected chi connectivity index (χ4v) is 2.65. The highest BCUT2D eigenvalue weighted by Gasteiger charge is 2.13. The summed E-state index contributed by atoms with van der Waals surface area (Å²) in [5.41, 5.74) is 7.05. The van der Waals surface area contributed by atoms with Crippen LogP contribution in [0.3, 0.4) is 0 Å². The third-order valence-corrected chi connectivity index (χ3v) is 3.95. The average molecular weight is 277 g/mol. The van der Waals surface area contributed by atoms with Gasteiger partial charge in [0.2, 0.25) is 0 Å². The Balaban J connectivity index is 2.17. The first-order chi connectivity index (χ1) is 9.12. The Morgan fingerprint density at radius 2 is 1.89 bits per heavy atom. The van der Waals surface area contributed by atoms with Crippen molar-refractivity contribution in [3.8, 4) is 0 Å². The van der Waals surface area contributed by atoms with Gasteiger partial charge in [-0.15, -0.1) is 0 Å². The number of benzene rings is 1. The molecule has 2 rings (SSSR count). The van der Waals surface area contributed by atoms with E-state index in [1.165, 1.54) is 18.5 Å². The van der Waals surface area contributed by atoms with E-state index in [0.717, 1.165) is 12.0 Å². The molecule has 100 valence electrons. The van der Waals surface area contributed by atoms with Gasteiger partial charge in [0, 0.05) is 18.1 Å². The fraction of sp³-hybridized carbons (Fsp3) is 0.154. The SMILES string of the molecule is NCCc1ccc(NS(=O)(=O)c2cccnc2)cc1. The molecule has 0 saturated carbocycles. The predicted octanol–water partition coefficient (Wildman–Crippen LogP) is 1.38. The molecular formula is C13H15N3O2S. The van der Waals surface area contributed by atoms with Crippen molar-refractivity contribution in [1.82, 2.24) is 4.98 Å². The van der Waals surface area contributed by atoms with Gasteiger partial charge >= 0.3 is 0 Å². The summed E-state index contributed by atoms with van der Waals surface area (Å²) < 4.78 is 26.6. The molecule has 0 aliphatic rings. The minimum Gasteiger partial charge on any atom is -0.330 e. The Morgan fingerprint density at radius 1 is 1.16 bits per heavy atom. The molecular weight excluding hydrogens is 262 g/mol. The van der Waals surface area contributed by atoms with Gasteiger partial charge in [-0.1, -0.05) is 12.1 Å². The second kappa shape index (κ2) is 5.81. The number of anilines is 1. The zero-order valence-corrected chi connectivity index (χ0v) is 11.1. The minimum absolute atomic E-state index is 0.140. The summed E-state index contributed by atoms with van der Waals surface area (Å²) in [5, 5.41) is 0. The molecule has 0 aliphatic carbocycles. The third kappa shape index (κ3) is 3.52. The maximum atomic E-state index is 12.0. The van der Waals surface area contributed by atoms with Crippen LogP contribution >= 0.6 is 0 Å². The normalized spacial score (nSPS) is 11.2. The van der Waals surface area contributed by atoms with E-state index in [4.69, 9.17) is 5.73 Å². The summed E-state index contributed by atoms with van der Waals surface area (Å²) in [4.78, 5) is 3.94. The van der Waals surface area contributed by atoms with Crippen molar-refractivity contribution in [3.63, 3.8) is 0 Å². The Bertz CT molecular complexity index is 625. The second-order valence-corrected chi connectivity index (χ2v) is 5.71. The minimum atomic E-state index is -3.58. The maximum absolute atomic E-state index is 12.0. The van der Waals surface area contributed by atoms with Gasteiger partial charge in [0.05, 0.1) is 0 Å².